The Morgan fingerprint density at radius 3 is 2.64 bits per heavy atom. The van der Waals surface area contributed by atoms with Crippen LogP contribution in [0.25, 0.3) is 22.4 Å². The van der Waals surface area contributed by atoms with Crippen LogP contribution in [0.3, 0.4) is 0 Å². The summed E-state index contributed by atoms with van der Waals surface area (Å²) in [7, 11) is -2.25. The van der Waals surface area contributed by atoms with E-state index >= 15 is 0 Å². The Morgan fingerprint density at radius 2 is 1.86 bits per heavy atom. The summed E-state index contributed by atoms with van der Waals surface area (Å²) >= 11 is 0. The Morgan fingerprint density at radius 1 is 1.07 bits per heavy atom. The summed E-state index contributed by atoms with van der Waals surface area (Å²) in [5, 5.41) is 0. The molecule has 9 heteroatoms. The molecule has 4 aromatic rings. The van der Waals surface area contributed by atoms with Crippen LogP contribution in [0.2, 0.25) is 0 Å². The first-order chi connectivity index (χ1) is 13.4. The molecule has 1 N–H and O–H groups in total. The van der Waals surface area contributed by atoms with Gasteiger partial charge in [0.25, 0.3) is 0 Å². The minimum atomic E-state index is -3.77. The third-order valence-corrected chi connectivity index (χ3v) is 5.74. The summed E-state index contributed by atoms with van der Waals surface area (Å²) in [5.41, 5.74) is 3.14. The molecule has 3 heterocycles. The molecule has 0 spiro atoms. The van der Waals surface area contributed by atoms with E-state index in [2.05, 4.69) is 14.7 Å². The molecule has 4 rings (SSSR count). The first-order valence-corrected chi connectivity index (χ1v) is 9.87. The Kier molecular flexibility index (Phi) is 4.54. The summed E-state index contributed by atoms with van der Waals surface area (Å²) in [4.78, 5) is 19.9. The van der Waals surface area contributed by atoms with Gasteiger partial charge in [-0.3, -0.25) is 14.5 Å². The minimum Gasteiger partial charge on any atom is -0.408 e. The number of hydrogen-bond acceptors (Lipinski definition) is 6. The van der Waals surface area contributed by atoms with E-state index in [1.54, 1.807) is 24.7 Å². The molecule has 0 aliphatic rings. The van der Waals surface area contributed by atoms with Gasteiger partial charge in [0, 0.05) is 37.7 Å². The third-order valence-electron chi connectivity index (χ3n) is 4.34. The summed E-state index contributed by atoms with van der Waals surface area (Å²) in [6, 6.07) is 11.5. The molecule has 0 amide bonds. The van der Waals surface area contributed by atoms with Crippen LogP contribution in [0.4, 0.5) is 0 Å². The van der Waals surface area contributed by atoms with E-state index in [4.69, 9.17) is 4.42 Å². The second-order valence-electron chi connectivity index (χ2n) is 6.17. The number of sulfonamides is 1. The molecule has 0 aliphatic carbocycles. The van der Waals surface area contributed by atoms with E-state index in [9.17, 15) is 13.2 Å². The SMILES string of the molecule is Cn1c(=O)oc2ccc(S(=O)(=O)NCc3ccnc(-c4ccncc4)c3)cc21. The summed E-state index contributed by atoms with van der Waals surface area (Å²) in [5.74, 6) is -0.544. The van der Waals surface area contributed by atoms with Gasteiger partial charge in [-0.15, -0.1) is 0 Å². The van der Waals surface area contributed by atoms with Crippen LogP contribution in [-0.4, -0.2) is 23.0 Å². The molecule has 0 aliphatic heterocycles. The lowest BCUT2D eigenvalue weighted by Gasteiger charge is -2.08. The van der Waals surface area contributed by atoms with Gasteiger partial charge in [0.1, 0.15) is 0 Å². The maximum absolute atomic E-state index is 12.7. The van der Waals surface area contributed by atoms with Gasteiger partial charge in [-0.05, 0) is 48.0 Å². The van der Waals surface area contributed by atoms with E-state index in [1.165, 1.54) is 29.8 Å². The van der Waals surface area contributed by atoms with Crippen molar-refractivity contribution >= 4 is 21.1 Å². The highest BCUT2D eigenvalue weighted by atomic mass is 32.2. The fraction of sp³-hybridized carbons (Fsp3) is 0.105. The molecule has 0 unspecified atom stereocenters. The van der Waals surface area contributed by atoms with Gasteiger partial charge < -0.3 is 4.42 Å². The van der Waals surface area contributed by atoms with Crippen LogP contribution in [-0.2, 0) is 23.6 Å². The van der Waals surface area contributed by atoms with Crippen molar-refractivity contribution in [3.63, 3.8) is 0 Å². The smallest absolute Gasteiger partial charge is 0.408 e. The number of nitrogens with one attached hydrogen (secondary N) is 1. The number of fused-ring (bicyclic) bond motifs is 1. The predicted molar refractivity (Wildman–Crippen MR) is 103 cm³/mol. The van der Waals surface area contributed by atoms with Crippen molar-refractivity contribution in [2.75, 3.05) is 0 Å². The zero-order valence-electron chi connectivity index (χ0n) is 14.9. The van der Waals surface area contributed by atoms with Crippen LogP contribution >= 0.6 is 0 Å². The topological polar surface area (TPSA) is 107 Å². The lowest BCUT2D eigenvalue weighted by molar-refractivity contribution is 0.528. The number of benzene rings is 1. The number of nitrogens with zero attached hydrogens (tertiary/aromatic N) is 3. The number of pyridine rings is 2. The molecule has 3 aromatic heterocycles. The second kappa shape index (κ2) is 7.02. The molecule has 28 heavy (non-hydrogen) atoms. The van der Waals surface area contributed by atoms with Gasteiger partial charge in [-0.1, -0.05) is 0 Å². The van der Waals surface area contributed by atoms with Crippen LogP contribution in [0.15, 0.2) is 75.2 Å². The maximum atomic E-state index is 12.7. The van der Waals surface area contributed by atoms with Crippen molar-refractivity contribution in [1.29, 1.82) is 0 Å². The van der Waals surface area contributed by atoms with Crippen LogP contribution in [0, 0.1) is 0 Å². The summed E-state index contributed by atoms with van der Waals surface area (Å²) in [6.07, 6.45) is 4.98. The standard InChI is InChI=1S/C19H16N4O4S/c1-23-17-11-15(2-3-18(17)27-19(23)24)28(25,26)22-12-13-4-9-21-16(10-13)14-5-7-20-8-6-14/h2-11,22H,12H2,1H3. The highest BCUT2D eigenvalue weighted by molar-refractivity contribution is 7.89. The molecule has 0 radical (unpaired) electrons. The normalized spacial score (nSPS) is 11.8. The highest BCUT2D eigenvalue weighted by Gasteiger charge is 2.17. The highest BCUT2D eigenvalue weighted by Crippen LogP contribution is 2.19. The number of hydrogen-bond donors (Lipinski definition) is 1. The first kappa shape index (κ1) is 18.1. The lowest BCUT2D eigenvalue weighted by Crippen LogP contribution is -2.23. The Balaban J connectivity index is 1.58. The molecular formula is C19H16N4O4S. The lowest BCUT2D eigenvalue weighted by atomic mass is 10.1. The van der Waals surface area contributed by atoms with Crippen molar-refractivity contribution in [2.24, 2.45) is 7.05 Å². The predicted octanol–water partition coefficient (Wildman–Crippen LogP) is 2.07. The van der Waals surface area contributed by atoms with Gasteiger partial charge >= 0.3 is 5.76 Å². The summed E-state index contributed by atoms with van der Waals surface area (Å²) in [6.45, 7) is 0.102. The zero-order chi connectivity index (χ0) is 19.7. The first-order valence-electron chi connectivity index (χ1n) is 8.39. The van der Waals surface area contributed by atoms with Crippen molar-refractivity contribution < 1.29 is 12.8 Å². The monoisotopic (exact) mass is 396 g/mol. The van der Waals surface area contributed by atoms with Crippen LogP contribution in [0.1, 0.15) is 5.56 Å². The van der Waals surface area contributed by atoms with Crippen molar-refractivity contribution in [3.05, 3.63) is 77.2 Å². The molecule has 142 valence electrons. The van der Waals surface area contributed by atoms with E-state index in [-0.39, 0.29) is 11.4 Å². The summed E-state index contributed by atoms with van der Waals surface area (Å²) < 4.78 is 34.2. The van der Waals surface area contributed by atoms with E-state index in [0.29, 0.717) is 11.1 Å². The van der Waals surface area contributed by atoms with E-state index < -0.39 is 15.8 Å². The molecule has 0 fully saturated rings. The molecule has 0 atom stereocenters. The number of rotatable bonds is 5. The largest absolute Gasteiger partial charge is 0.419 e. The van der Waals surface area contributed by atoms with Gasteiger partial charge in [-0.25, -0.2) is 17.9 Å². The Labute approximate surface area is 160 Å². The molecule has 8 nitrogen and oxygen atoms in total. The van der Waals surface area contributed by atoms with Crippen LogP contribution < -0.4 is 10.5 Å². The van der Waals surface area contributed by atoms with E-state index in [1.807, 2.05) is 18.2 Å². The fourth-order valence-corrected chi connectivity index (χ4v) is 3.84. The second-order valence-corrected chi connectivity index (χ2v) is 7.93. The zero-order valence-corrected chi connectivity index (χ0v) is 15.7. The van der Waals surface area contributed by atoms with Crippen molar-refractivity contribution in [3.8, 4) is 11.3 Å². The van der Waals surface area contributed by atoms with Gasteiger partial charge in [-0.2, -0.15) is 0 Å². The Hall–Kier alpha value is -3.30. The molecule has 0 saturated heterocycles. The van der Waals surface area contributed by atoms with Gasteiger partial charge in [0.15, 0.2) is 5.58 Å². The van der Waals surface area contributed by atoms with Gasteiger partial charge in [0.05, 0.1) is 16.1 Å². The average Bonchev–Trinajstić information content (AvgIpc) is 3.01. The van der Waals surface area contributed by atoms with Crippen molar-refractivity contribution in [1.82, 2.24) is 19.3 Å². The van der Waals surface area contributed by atoms with Crippen molar-refractivity contribution in [2.45, 2.75) is 11.4 Å². The quantitative estimate of drug-likeness (QED) is 0.553. The van der Waals surface area contributed by atoms with Crippen LogP contribution in [0.5, 0.6) is 0 Å². The molecule has 1 aromatic carbocycles. The Bertz CT molecular complexity index is 1310. The average molecular weight is 396 g/mol. The minimum absolute atomic E-state index is 0.0554. The maximum Gasteiger partial charge on any atom is 0.419 e. The molecular weight excluding hydrogens is 380 g/mol. The molecule has 0 bridgehead atoms. The fourth-order valence-electron chi connectivity index (χ4n) is 2.80. The number of oxazole rings is 1. The molecule has 0 saturated carbocycles. The third kappa shape index (κ3) is 3.45. The van der Waals surface area contributed by atoms with E-state index in [0.717, 1.165) is 16.8 Å². The number of aromatic nitrogens is 3. The number of aryl methyl sites for hydroxylation is 1. The van der Waals surface area contributed by atoms with Gasteiger partial charge in [0.2, 0.25) is 10.0 Å².